The minimum atomic E-state index is -0.0456. The van der Waals surface area contributed by atoms with Crippen molar-refractivity contribution in [3.05, 3.63) is 21.1 Å². The second-order valence-electron chi connectivity index (χ2n) is 3.36. The van der Waals surface area contributed by atoms with Gasteiger partial charge in [-0.15, -0.1) is 0 Å². The molecule has 2 rings (SSSR count). The van der Waals surface area contributed by atoms with Crippen LogP contribution in [0.3, 0.4) is 0 Å². The standard InChI is InChI=1S/C9H6Cl4N6O2/c10-4-14-5(11)17-8(16-4)20-2-1-3-21-9-18-6(12)15-7(13)19-9/h1-3H2. The molecule has 0 aliphatic carbocycles. The quantitative estimate of drug-likeness (QED) is 0.714. The van der Waals surface area contributed by atoms with E-state index < -0.39 is 0 Å². The van der Waals surface area contributed by atoms with Crippen molar-refractivity contribution in [3.8, 4) is 12.0 Å². The van der Waals surface area contributed by atoms with Gasteiger partial charge >= 0.3 is 12.0 Å². The van der Waals surface area contributed by atoms with Crippen LogP contribution in [0.1, 0.15) is 6.42 Å². The summed E-state index contributed by atoms with van der Waals surface area (Å²) in [6.45, 7) is 0.534. The summed E-state index contributed by atoms with van der Waals surface area (Å²) in [5.74, 6) is 0. The lowest BCUT2D eigenvalue weighted by Gasteiger charge is -2.06. The van der Waals surface area contributed by atoms with E-state index in [0.29, 0.717) is 6.42 Å². The first-order valence-electron chi connectivity index (χ1n) is 5.42. The first-order chi connectivity index (χ1) is 10.0. The van der Waals surface area contributed by atoms with Gasteiger partial charge in [-0.1, -0.05) is 0 Å². The Morgan fingerprint density at radius 2 is 0.905 bits per heavy atom. The van der Waals surface area contributed by atoms with Crippen molar-refractivity contribution in [2.75, 3.05) is 13.2 Å². The van der Waals surface area contributed by atoms with E-state index in [4.69, 9.17) is 55.9 Å². The lowest BCUT2D eigenvalue weighted by Crippen LogP contribution is -2.09. The highest BCUT2D eigenvalue weighted by molar-refractivity contribution is 6.31. The Bertz CT molecular complexity index is 537. The van der Waals surface area contributed by atoms with Crippen LogP contribution in [0.25, 0.3) is 0 Å². The Labute approximate surface area is 138 Å². The lowest BCUT2D eigenvalue weighted by atomic mass is 10.5. The van der Waals surface area contributed by atoms with E-state index in [1.807, 2.05) is 0 Å². The molecule has 21 heavy (non-hydrogen) atoms. The van der Waals surface area contributed by atoms with Gasteiger partial charge in [-0.05, 0) is 46.4 Å². The Kier molecular flexibility index (Phi) is 5.92. The van der Waals surface area contributed by atoms with Crippen molar-refractivity contribution in [1.82, 2.24) is 29.9 Å². The van der Waals surface area contributed by atoms with Gasteiger partial charge in [0.05, 0.1) is 13.2 Å². The third-order valence-electron chi connectivity index (χ3n) is 1.87. The fraction of sp³-hybridized carbons (Fsp3) is 0.333. The van der Waals surface area contributed by atoms with Crippen LogP contribution in [-0.4, -0.2) is 43.1 Å². The number of halogens is 4. The molecular weight excluding hydrogens is 366 g/mol. The molecule has 0 saturated heterocycles. The van der Waals surface area contributed by atoms with Crippen LogP contribution in [0.2, 0.25) is 21.1 Å². The van der Waals surface area contributed by atoms with E-state index >= 15 is 0 Å². The molecule has 2 aromatic rings. The zero-order valence-corrected chi connectivity index (χ0v) is 13.2. The Morgan fingerprint density at radius 3 is 1.24 bits per heavy atom. The molecule has 0 unspecified atom stereocenters. The minimum absolute atomic E-state index is 0.0336. The molecule has 0 aliphatic heterocycles. The first kappa shape index (κ1) is 16.2. The molecule has 2 aromatic heterocycles. The van der Waals surface area contributed by atoms with E-state index in [-0.39, 0.29) is 46.4 Å². The second-order valence-corrected chi connectivity index (χ2v) is 4.71. The fourth-order valence-electron chi connectivity index (χ4n) is 1.13. The van der Waals surface area contributed by atoms with Crippen LogP contribution in [0.15, 0.2) is 0 Å². The molecule has 0 aliphatic rings. The largest absolute Gasteiger partial charge is 0.463 e. The summed E-state index contributed by atoms with van der Waals surface area (Å²) in [5, 5.41) is -0.183. The van der Waals surface area contributed by atoms with Gasteiger partial charge < -0.3 is 9.47 Å². The highest BCUT2D eigenvalue weighted by Gasteiger charge is 2.06. The summed E-state index contributed by atoms with van der Waals surface area (Å²) in [5.41, 5.74) is 0. The normalized spacial score (nSPS) is 10.5. The Hall–Kier alpha value is -1.22. The van der Waals surface area contributed by atoms with Crippen LogP contribution in [-0.2, 0) is 0 Å². The second kappa shape index (κ2) is 7.69. The summed E-state index contributed by atoms with van der Waals surface area (Å²) in [6, 6.07) is 0.0671. The third-order valence-corrected chi connectivity index (χ3v) is 2.55. The zero-order valence-electron chi connectivity index (χ0n) is 10.1. The molecule has 0 saturated carbocycles. The topological polar surface area (TPSA) is 95.8 Å². The number of hydrogen-bond donors (Lipinski definition) is 0. The van der Waals surface area contributed by atoms with Crippen molar-refractivity contribution < 1.29 is 9.47 Å². The maximum atomic E-state index is 5.60. The number of nitrogens with zero attached hydrogens (tertiary/aromatic N) is 6. The van der Waals surface area contributed by atoms with Crippen LogP contribution in [0.5, 0.6) is 12.0 Å². The lowest BCUT2D eigenvalue weighted by molar-refractivity contribution is 0.226. The highest BCUT2D eigenvalue weighted by atomic mass is 35.5. The van der Waals surface area contributed by atoms with Gasteiger partial charge in [0, 0.05) is 6.42 Å². The number of rotatable bonds is 6. The monoisotopic (exact) mass is 370 g/mol. The van der Waals surface area contributed by atoms with Gasteiger partial charge in [0.1, 0.15) is 0 Å². The summed E-state index contributed by atoms with van der Waals surface area (Å²) in [7, 11) is 0. The van der Waals surface area contributed by atoms with Gasteiger partial charge in [0.15, 0.2) is 0 Å². The van der Waals surface area contributed by atoms with Gasteiger partial charge in [0.2, 0.25) is 21.1 Å². The van der Waals surface area contributed by atoms with E-state index in [1.54, 1.807) is 0 Å². The maximum Gasteiger partial charge on any atom is 0.322 e. The molecule has 0 amide bonds. The van der Waals surface area contributed by atoms with Gasteiger partial charge in [-0.3, -0.25) is 0 Å². The summed E-state index contributed by atoms with van der Waals surface area (Å²) in [6.07, 6.45) is 0.502. The SMILES string of the molecule is Clc1nc(Cl)nc(OCCCOc2nc(Cl)nc(Cl)n2)n1. The highest BCUT2D eigenvalue weighted by Crippen LogP contribution is 2.13. The number of hydrogen-bond acceptors (Lipinski definition) is 8. The van der Waals surface area contributed by atoms with Crippen LogP contribution in [0, 0.1) is 0 Å². The van der Waals surface area contributed by atoms with E-state index in [9.17, 15) is 0 Å². The Morgan fingerprint density at radius 1 is 0.571 bits per heavy atom. The van der Waals surface area contributed by atoms with Crippen molar-refractivity contribution in [2.45, 2.75) is 6.42 Å². The molecule has 2 heterocycles. The molecule has 0 radical (unpaired) electrons. The van der Waals surface area contributed by atoms with Crippen molar-refractivity contribution >= 4 is 46.4 Å². The smallest absolute Gasteiger partial charge is 0.322 e. The van der Waals surface area contributed by atoms with Crippen LogP contribution >= 0.6 is 46.4 Å². The van der Waals surface area contributed by atoms with Gasteiger partial charge in [-0.25, -0.2) is 0 Å². The van der Waals surface area contributed by atoms with Gasteiger partial charge in [-0.2, -0.15) is 29.9 Å². The van der Waals surface area contributed by atoms with Crippen molar-refractivity contribution in [1.29, 1.82) is 0 Å². The molecule has 12 heteroatoms. The van der Waals surface area contributed by atoms with Crippen molar-refractivity contribution in [2.24, 2.45) is 0 Å². The number of ether oxygens (including phenoxy) is 2. The predicted molar refractivity (Wildman–Crippen MR) is 75.3 cm³/mol. The molecule has 0 atom stereocenters. The average Bonchev–Trinajstić information content (AvgIpc) is 2.36. The molecular formula is C9H6Cl4N6O2. The fourth-order valence-corrected chi connectivity index (χ4v) is 1.83. The van der Waals surface area contributed by atoms with Crippen LogP contribution in [0.4, 0.5) is 0 Å². The minimum Gasteiger partial charge on any atom is -0.463 e. The molecule has 112 valence electrons. The molecule has 0 aromatic carbocycles. The van der Waals surface area contributed by atoms with Crippen molar-refractivity contribution in [3.63, 3.8) is 0 Å². The first-order valence-corrected chi connectivity index (χ1v) is 6.94. The van der Waals surface area contributed by atoms with Crippen LogP contribution < -0.4 is 9.47 Å². The average molecular weight is 372 g/mol. The molecule has 0 N–H and O–H groups in total. The van der Waals surface area contributed by atoms with E-state index in [0.717, 1.165) is 0 Å². The number of aromatic nitrogens is 6. The van der Waals surface area contributed by atoms with E-state index in [1.165, 1.54) is 0 Å². The summed E-state index contributed by atoms with van der Waals surface area (Å²) < 4.78 is 10.5. The molecule has 0 fully saturated rings. The summed E-state index contributed by atoms with van der Waals surface area (Å²) in [4.78, 5) is 22.1. The molecule has 0 spiro atoms. The third kappa shape index (κ3) is 5.58. The van der Waals surface area contributed by atoms with E-state index in [2.05, 4.69) is 29.9 Å². The van der Waals surface area contributed by atoms with Gasteiger partial charge in [0.25, 0.3) is 0 Å². The maximum absolute atomic E-state index is 5.60. The molecule has 0 bridgehead atoms. The Balaban J connectivity index is 1.74. The zero-order chi connectivity index (χ0) is 15.2. The molecule has 8 nitrogen and oxygen atoms in total. The predicted octanol–water partition coefficient (Wildman–Crippen LogP) is 2.52. The summed E-state index contributed by atoms with van der Waals surface area (Å²) >= 11 is 22.4.